The van der Waals surface area contributed by atoms with Crippen LogP contribution in [0.2, 0.25) is 0 Å². The fraction of sp³-hybridized carbons (Fsp3) is 0.278. The van der Waals surface area contributed by atoms with Crippen molar-refractivity contribution in [2.45, 2.75) is 26.5 Å². The van der Waals surface area contributed by atoms with E-state index in [0.29, 0.717) is 11.3 Å². The van der Waals surface area contributed by atoms with Crippen molar-refractivity contribution < 1.29 is 9.66 Å². The van der Waals surface area contributed by atoms with Gasteiger partial charge in [0.25, 0.3) is 5.69 Å². The molecule has 0 aliphatic heterocycles. The molecule has 2 aromatic carbocycles. The number of rotatable bonds is 7. The van der Waals surface area contributed by atoms with Crippen LogP contribution >= 0.6 is 11.6 Å². The molecule has 1 atom stereocenters. The van der Waals surface area contributed by atoms with Gasteiger partial charge in [0, 0.05) is 11.9 Å². The molecule has 0 heterocycles. The number of ether oxygens (including phenoxy) is 1. The number of nitro benzene ring substituents is 1. The third-order valence-corrected chi connectivity index (χ3v) is 4.17. The molecule has 0 amide bonds. The first-order valence-corrected chi connectivity index (χ1v) is 8.48. The third kappa shape index (κ3) is 4.64. The number of nitrogens with two attached hydrogens (primary N) is 2. The SMILES string of the molecule is Cc1cc(C(CCl)N=C(N)N)cc(C)c1OCc1ccccc1[N+](=O)[O-]. The van der Waals surface area contributed by atoms with Crippen LogP contribution in [0, 0.1) is 24.0 Å². The van der Waals surface area contributed by atoms with Crippen LogP contribution in [0.15, 0.2) is 41.4 Å². The molecule has 0 fully saturated rings. The first-order chi connectivity index (χ1) is 12.3. The van der Waals surface area contributed by atoms with Gasteiger partial charge in [0.05, 0.1) is 16.5 Å². The van der Waals surface area contributed by atoms with Crippen molar-refractivity contribution in [3.8, 4) is 5.75 Å². The lowest BCUT2D eigenvalue weighted by atomic mass is 10.0. The largest absolute Gasteiger partial charge is 0.488 e. The average Bonchev–Trinajstić information content (AvgIpc) is 2.58. The molecular formula is C18H21ClN4O3. The van der Waals surface area contributed by atoms with Crippen LogP contribution < -0.4 is 16.2 Å². The Kier molecular flexibility index (Phi) is 6.41. The Hall–Kier alpha value is -2.80. The van der Waals surface area contributed by atoms with E-state index in [1.165, 1.54) is 6.07 Å². The van der Waals surface area contributed by atoms with Gasteiger partial charge in [-0.3, -0.25) is 10.1 Å². The van der Waals surface area contributed by atoms with Crippen molar-refractivity contribution in [1.82, 2.24) is 0 Å². The number of aryl methyl sites for hydroxylation is 2. The summed E-state index contributed by atoms with van der Waals surface area (Å²) in [5.41, 5.74) is 14.1. The predicted octanol–water partition coefficient (Wildman–Crippen LogP) is 3.34. The van der Waals surface area contributed by atoms with Crippen molar-refractivity contribution in [3.05, 3.63) is 68.8 Å². The molecule has 4 N–H and O–H groups in total. The summed E-state index contributed by atoms with van der Waals surface area (Å²) in [6, 6.07) is 9.98. The van der Waals surface area contributed by atoms with Gasteiger partial charge in [-0.15, -0.1) is 11.6 Å². The Morgan fingerprint density at radius 3 is 2.42 bits per heavy atom. The van der Waals surface area contributed by atoms with Crippen LogP contribution in [0.4, 0.5) is 5.69 Å². The molecule has 7 nitrogen and oxygen atoms in total. The van der Waals surface area contributed by atoms with E-state index in [4.69, 9.17) is 27.8 Å². The molecular weight excluding hydrogens is 356 g/mol. The fourth-order valence-electron chi connectivity index (χ4n) is 2.74. The molecule has 0 aliphatic rings. The van der Waals surface area contributed by atoms with Gasteiger partial charge in [-0.05, 0) is 36.6 Å². The van der Waals surface area contributed by atoms with E-state index in [1.54, 1.807) is 18.2 Å². The van der Waals surface area contributed by atoms with Crippen molar-refractivity contribution in [1.29, 1.82) is 0 Å². The van der Waals surface area contributed by atoms with Gasteiger partial charge in [-0.25, -0.2) is 4.99 Å². The van der Waals surface area contributed by atoms with E-state index >= 15 is 0 Å². The third-order valence-electron chi connectivity index (χ3n) is 3.88. The predicted molar refractivity (Wildman–Crippen MR) is 103 cm³/mol. The van der Waals surface area contributed by atoms with Crippen LogP contribution in [-0.4, -0.2) is 16.8 Å². The molecule has 26 heavy (non-hydrogen) atoms. The second kappa shape index (κ2) is 8.53. The number of guanidine groups is 1. The van der Waals surface area contributed by atoms with Crippen molar-refractivity contribution in [2.24, 2.45) is 16.5 Å². The zero-order valence-electron chi connectivity index (χ0n) is 14.6. The normalized spacial score (nSPS) is 11.7. The minimum Gasteiger partial charge on any atom is -0.488 e. The average molecular weight is 377 g/mol. The quantitative estimate of drug-likeness (QED) is 0.252. The Morgan fingerprint density at radius 2 is 1.88 bits per heavy atom. The maximum absolute atomic E-state index is 11.1. The van der Waals surface area contributed by atoms with Crippen LogP contribution in [0.25, 0.3) is 0 Å². The second-order valence-electron chi connectivity index (χ2n) is 5.88. The van der Waals surface area contributed by atoms with Gasteiger partial charge < -0.3 is 16.2 Å². The van der Waals surface area contributed by atoms with Crippen molar-refractivity contribution >= 4 is 23.2 Å². The molecule has 0 spiro atoms. The van der Waals surface area contributed by atoms with Gasteiger partial charge in [0.15, 0.2) is 5.96 Å². The molecule has 0 saturated heterocycles. The Morgan fingerprint density at radius 1 is 1.27 bits per heavy atom. The number of hydrogen-bond acceptors (Lipinski definition) is 4. The van der Waals surface area contributed by atoms with Crippen molar-refractivity contribution in [3.63, 3.8) is 0 Å². The van der Waals surface area contributed by atoms with Gasteiger partial charge in [0.2, 0.25) is 0 Å². The lowest BCUT2D eigenvalue weighted by Gasteiger charge is -2.17. The smallest absolute Gasteiger partial charge is 0.276 e. The highest BCUT2D eigenvalue weighted by Crippen LogP contribution is 2.31. The molecule has 8 heteroatoms. The highest BCUT2D eigenvalue weighted by atomic mass is 35.5. The molecule has 1 unspecified atom stereocenters. The monoisotopic (exact) mass is 376 g/mol. The summed E-state index contributed by atoms with van der Waals surface area (Å²) >= 11 is 5.97. The van der Waals surface area contributed by atoms with E-state index in [2.05, 4.69) is 4.99 Å². The van der Waals surface area contributed by atoms with E-state index in [0.717, 1.165) is 16.7 Å². The molecule has 0 radical (unpaired) electrons. The summed E-state index contributed by atoms with van der Waals surface area (Å²) < 4.78 is 5.87. The summed E-state index contributed by atoms with van der Waals surface area (Å²) in [5.74, 6) is 0.889. The molecule has 0 aliphatic carbocycles. The van der Waals surface area contributed by atoms with Gasteiger partial charge in [-0.2, -0.15) is 0 Å². The Bertz CT molecular complexity index is 812. The van der Waals surface area contributed by atoms with Crippen LogP contribution in [0.1, 0.15) is 28.3 Å². The van der Waals surface area contributed by atoms with E-state index in [1.807, 2.05) is 26.0 Å². The highest BCUT2D eigenvalue weighted by molar-refractivity contribution is 6.18. The molecule has 0 saturated carbocycles. The summed E-state index contributed by atoms with van der Waals surface area (Å²) in [7, 11) is 0. The molecule has 2 aromatic rings. The standard InChI is InChI=1S/C18H21ClN4O3/c1-11-7-14(15(9-19)22-18(20)21)8-12(2)17(11)26-10-13-5-3-4-6-16(13)23(24)25/h3-8,15H,9-10H2,1-2H3,(H4,20,21,22). The number of aliphatic imine (C=N–C) groups is 1. The lowest BCUT2D eigenvalue weighted by molar-refractivity contribution is -0.385. The van der Waals surface area contributed by atoms with E-state index in [9.17, 15) is 10.1 Å². The number of para-hydroxylation sites is 1. The number of hydrogen-bond donors (Lipinski definition) is 2. The molecule has 2 rings (SSSR count). The van der Waals surface area contributed by atoms with Crippen LogP contribution in [-0.2, 0) is 6.61 Å². The molecule has 138 valence electrons. The topological polar surface area (TPSA) is 117 Å². The number of benzene rings is 2. The zero-order chi connectivity index (χ0) is 19.3. The maximum Gasteiger partial charge on any atom is 0.276 e. The summed E-state index contributed by atoms with van der Waals surface area (Å²) in [4.78, 5) is 14.8. The maximum atomic E-state index is 11.1. The lowest BCUT2D eigenvalue weighted by Crippen LogP contribution is -2.24. The molecule has 0 aromatic heterocycles. The summed E-state index contributed by atoms with van der Waals surface area (Å²) in [6.07, 6.45) is 0. The Labute approximate surface area is 156 Å². The first kappa shape index (κ1) is 19.5. The number of nitrogens with zero attached hydrogens (tertiary/aromatic N) is 2. The minimum absolute atomic E-state index is 0.0253. The van der Waals surface area contributed by atoms with Gasteiger partial charge in [0.1, 0.15) is 12.4 Å². The summed E-state index contributed by atoms with van der Waals surface area (Å²) in [5, 5.41) is 11.1. The minimum atomic E-state index is -0.415. The van der Waals surface area contributed by atoms with Gasteiger partial charge >= 0.3 is 0 Å². The number of halogens is 1. The van der Waals surface area contributed by atoms with Gasteiger partial charge in [-0.1, -0.05) is 24.3 Å². The van der Waals surface area contributed by atoms with Crippen molar-refractivity contribution in [2.75, 3.05) is 5.88 Å². The van der Waals surface area contributed by atoms with Crippen LogP contribution in [0.3, 0.4) is 0 Å². The zero-order valence-corrected chi connectivity index (χ0v) is 15.4. The second-order valence-corrected chi connectivity index (χ2v) is 6.19. The fourth-order valence-corrected chi connectivity index (χ4v) is 2.99. The van der Waals surface area contributed by atoms with E-state index in [-0.39, 0.29) is 30.2 Å². The summed E-state index contributed by atoms with van der Waals surface area (Å²) in [6.45, 7) is 3.89. The number of nitro groups is 1. The number of alkyl halides is 1. The highest BCUT2D eigenvalue weighted by Gasteiger charge is 2.16. The first-order valence-electron chi connectivity index (χ1n) is 7.94. The van der Waals surface area contributed by atoms with E-state index < -0.39 is 4.92 Å². The Balaban J connectivity index is 2.27. The molecule has 0 bridgehead atoms. The van der Waals surface area contributed by atoms with Crippen LogP contribution in [0.5, 0.6) is 5.75 Å².